The summed E-state index contributed by atoms with van der Waals surface area (Å²) in [6.45, 7) is 7.32. The zero-order valence-corrected chi connectivity index (χ0v) is 12.0. The van der Waals surface area contributed by atoms with Crippen molar-refractivity contribution in [2.45, 2.75) is 32.3 Å². The van der Waals surface area contributed by atoms with Crippen molar-refractivity contribution in [3.63, 3.8) is 0 Å². The minimum absolute atomic E-state index is 0.0716. The molecule has 0 radical (unpaired) electrons. The second-order valence-corrected chi connectivity index (χ2v) is 4.39. The maximum absolute atomic E-state index is 12.2. The molecule has 110 valence electrons. The molecule has 1 aromatic carbocycles. The van der Waals surface area contributed by atoms with Crippen molar-refractivity contribution in [3.05, 3.63) is 29.3 Å². The van der Waals surface area contributed by atoms with E-state index in [0.29, 0.717) is 5.56 Å². The number of hydrogen-bond acceptors (Lipinski definition) is 2. The molecule has 0 heterocycles. The standard InChI is InChI=1S/C9H9ClF3N.C4H10O/c1-5(10)7-3-2-6(4-8(7)14)9(11,12)13;1-3-5-4-2/h2-5H,14H2,1H3;3-4H2,1-2H3. The molecule has 0 saturated carbocycles. The van der Waals surface area contributed by atoms with Gasteiger partial charge in [-0.3, -0.25) is 0 Å². The van der Waals surface area contributed by atoms with Crippen LogP contribution in [0.4, 0.5) is 18.9 Å². The average Bonchev–Trinajstić information content (AvgIpc) is 2.29. The Hall–Kier alpha value is -0.940. The van der Waals surface area contributed by atoms with Crippen molar-refractivity contribution < 1.29 is 17.9 Å². The predicted molar refractivity (Wildman–Crippen MR) is 72.3 cm³/mol. The van der Waals surface area contributed by atoms with Crippen molar-refractivity contribution in [3.8, 4) is 0 Å². The number of nitrogen functional groups attached to an aromatic ring is 1. The van der Waals surface area contributed by atoms with Crippen LogP contribution in [0.2, 0.25) is 0 Å². The molecule has 1 atom stereocenters. The Morgan fingerprint density at radius 3 is 2.05 bits per heavy atom. The summed E-state index contributed by atoms with van der Waals surface area (Å²) >= 11 is 5.71. The first-order valence-electron chi connectivity index (χ1n) is 5.92. The fraction of sp³-hybridized carbons (Fsp3) is 0.538. The van der Waals surface area contributed by atoms with Gasteiger partial charge in [-0.25, -0.2) is 0 Å². The summed E-state index contributed by atoms with van der Waals surface area (Å²) in [7, 11) is 0. The van der Waals surface area contributed by atoms with Gasteiger partial charge in [0.2, 0.25) is 0 Å². The lowest BCUT2D eigenvalue weighted by Crippen LogP contribution is -2.06. The van der Waals surface area contributed by atoms with E-state index in [1.807, 2.05) is 13.8 Å². The molecular weight excluding hydrogens is 279 g/mol. The summed E-state index contributed by atoms with van der Waals surface area (Å²) in [5.41, 5.74) is 5.27. The Bertz CT molecular complexity index is 379. The molecule has 1 unspecified atom stereocenters. The molecule has 2 N–H and O–H groups in total. The third-order valence-corrected chi connectivity index (χ3v) is 2.49. The molecule has 2 nitrogen and oxygen atoms in total. The van der Waals surface area contributed by atoms with Gasteiger partial charge in [-0.15, -0.1) is 11.6 Å². The average molecular weight is 298 g/mol. The van der Waals surface area contributed by atoms with Crippen LogP contribution < -0.4 is 5.73 Å². The first kappa shape index (κ1) is 18.1. The van der Waals surface area contributed by atoms with Crippen molar-refractivity contribution in [1.29, 1.82) is 0 Å². The number of ether oxygens (including phenoxy) is 1. The van der Waals surface area contributed by atoms with E-state index in [1.54, 1.807) is 6.92 Å². The summed E-state index contributed by atoms with van der Waals surface area (Å²) in [6, 6.07) is 3.18. The fourth-order valence-corrected chi connectivity index (χ4v) is 1.52. The lowest BCUT2D eigenvalue weighted by molar-refractivity contribution is -0.137. The summed E-state index contributed by atoms with van der Waals surface area (Å²) in [4.78, 5) is 0. The van der Waals surface area contributed by atoms with Crippen LogP contribution in [0.15, 0.2) is 18.2 Å². The van der Waals surface area contributed by atoms with Crippen LogP contribution in [0, 0.1) is 0 Å². The summed E-state index contributed by atoms with van der Waals surface area (Å²) in [6.07, 6.45) is -4.36. The molecule has 0 amide bonds. The summed E-state index contributed by atoms with van der Waals surface area (Å²) < 4.78 is 41.5. The maximum Gasteiger partial charge on any atom is 0.416 e. The molecule has 0 saturated heterocycles. The highest BCUT2D eigenvalue weighted by atomic mass is 35.5. The number of halogens is 4. The minimum atomic E-state index is -4.36. The van der Waals surface area contributed by atoms with Crippen LogP contribution in [0.25, 0.3) is 0 Å². The third kappa shape index (κ3) is 6.68. The van der Waals surface area contributed by atoms with E-state index in [9.17, 15) is 13.2 Å². The van der Waals surface area contributed by atoms with Gasteiger partial charge in [-0.2, -0.15) is 13.2 Å². The molecular formula is C13H19ClF3NO. The van der Waals surface area contributed by atoms with Crippen LogP contribution >= 0.6 is 11.6 Å². The zero-order valence-electron chi connectivity index (χ0n) is 11.2. The van der Waals surface area contributed by atoms with Gasteiger partial charge in [0.15, 0.2) is 0 Å². The second-order valence-electron chi connectivity index (χ2n) is 3.74. The Balaban J connectivity index is 0.000000555. The highest BCUT2D eigenvalue weighted by molar-refractivity contribution is 6.20. The van der Waals surface area contributed by atoms with Crippen molar-refractivity contribution in [1.82, 2.24) is 0 Å². The molecule has 0 fully saturated rings. The van der Waals surface area contributed by atoms with E-state index in [0.717, 1.165) is 25.3 Å². The molecule has 1 rings (SSSR count). The SMILES string of the molecule is CC(Cl)c1ccc(C(F)(F)F)cc1N.CCOCC. The maximum atomic E-state index is 12.2. The van der Waals surface area contributed by atoms with E-state index in [4.69, 9.17) is 22.1 Å². The summed E-state index contributed by atoms with van der Waals surface area (Å²) in [5.74, 6) is 0. The quantitative estimate of drug-likeness (QED) is 0.652. The molecule has 0 aromatic heterocycles. The van der Waals surface area contributed by atoms with E-state index in [1.165, 1.54) is 6.07 Å². The number of hydrogen-bond donors (Lipinski definition) is 1. The molecule has 0 aliphatic rings. The van der Waals surface area contributed by atoms with E-state index in [2.05, 4.69) is 0 Å². The largest absolute Gasteiger partial charge is 0.416 e. The number of nitrogens with two attached hydrogens (primary N) is 1. The van der Waals surface area contributed by atoms with Crippen LogP contribution in [0.5, 0.6) is 0 Å². The normalized spacial score (nSPS) is 12.6. The monoisotopic (exact) mass is 297 g/mol. The van der Waals surface area contributed by atoms with Gasteiger partial charge < -0.3 is 10.5 Å². The van der Waals surface area contributed by atoms with Gasteiger partial charge >= 0.3 is 6.18 Å². The number of alkyl halides is 4. The van der Waals surface area contributed by atoms with Gasteiger partial charge in [0.05, 0.1) is 10.9 Å². The highest BCUT2D eigenvalue weighted by Gasteiger charge is 2.30. The molecule has 0 spiro atoms. The molecule has 0 bridgehead atoms. The Morgan fingerprint density at radius 1 is 1.26 bits per heavy atom. The van der Waals surface area contributed by atoms with Gasteiger partial charge in [-0.1, -0.05) is 6.07 Å². The number of rotatable bonds is 3. The molecule has 0 aliphatic heterocycles. The lowest BCUT2D eigenvalue weighted by atomic mass is 10.1. The van der Waals surface area contributed by atoms with E-state index < -0.39 is 17.1 Å². The van der Waals surface area contributed by atoms with Crippen molar-refractivity contribution >= 4 is 17.3 Å². The molecule has 0 aliphatic carbocycles. The van der Waals surface area contributed by atoms with Crippen molar-refractivity contribution in [2.24, 2.45) is 0 Å². The molecule has 1 aromatic rings. The Morgan fingerprint density at radius 2 is 1.79 bits per heavy atom. The third-order valence-electron chi connectivity index (χ3n) is 2.25. The van der Waals surface area contributed by atoms with Crippen molar-refractivity contribution in [2.75, 3.05) is 18.9 Å². The van der Waals surface area contributed by atoms with Gasteiger partial charge in [-0.05, 0) is 38.5 Å². The molecule has 19 heavy (non-hydrogen) atoms. The van der Waals surface area contributed by atoms with Gasteiger partial charge in [0, 0.05) is 18.9 Å². The Labute approximate surface area is 116 Å². The smallest absolute Gasteiger partial charge is 0.398 e. The first-order valence-corrected chi connectivity index (χ1v) is 6.36. The lowest BCUT2D eigenvalue weighted by Gasteiger charge is -2.11. The number of anilines is 1. The highest BCUT2D eigenvalue weighted by Crippen LogP contribution is 2.33. The van der Waals surface area contributed by atoms with Crippen LogP contribution in [0.1, 0.15) is 37.3 Å². The fourth-order valence-electron chi connectivity index (χ4n) is 1.32. The minimum Gasteiger partial charge on any atom is -0.398 e. The van der Waals surface area contributed by atoms with Crippen LogP contribution in [0.3, 0.4) is 0 Å². The van der Waals surface area contributed by atoms with Gasteiger partial charge in [0.1, 0.15) is 0 Å². The van der Waals surface area contributed by atoms with Crippen LogP contribution in [-0.2, 0) is 10.9 Å². The zero-order chi connectivity index (χ0) is 15.1. The van der Waals surface area contributed by atoms with Gasteiger partial charge in [0.25, 0.3) is 0 Å². The topological polar surface area (TPSA) is 35.2 Å². The Kier molecular flexibility index (Phi) is 7.87. The van der Waals surface area contributed by atoms with Crippen LogP contribution in [-0.4, -0.2) is 13.2 Å². The predicted octanol–water partition coefficient (Wildman–Crippen LogP) is 4.63. The first-order chi connectivity index (χ1) is 8.73. The number of benzene rings is 1. The molecule has 6 heteroatoms. The van der Waals surface area contributed by atoms with E-state index >= 15 is 0 Å². The second kappa shape index (κ2) is 8.27. The summed E-state index contributed by atoms with van der Waals surface area (Å²) in [5, 5.41) is -0.391. The van der Waals surface area contributed by atoms with E-state index in [-0.39, 0.29) is 5.69 Å².